The van der Waals surface area contributed by atoms with E-state index in [2.05, 4.69) is 13.8 Å². The molecule has 0 bridgehead atoms. The zero-order valence-electron chi connectivity index (χ0n) is 10.1. The molecule has 0 spiro atoms. The van der Waals surface area contributed by atoms with Crippen molar-refractivity contribution in [2.24, 2.45) is 11.1 Å². The first-order valence-corrected chi connectivity index (χ1v) is 5.47. The molecule has 2 N–H and O–H groups in total. The van der Waals surface area contributed by atoms with E-state index in [1.165, 1.54) is 19.2 Å². The predicted molar refractivity (Wildman–Crippen MR) is 64.1 cm³/mol. The summed E-state index contributed by atoms with van der Waals surface area (Å²) in [5.74, 6) is 0.753. The summed E-state index contributed by atoms with van der Waals surface area (Å²) in [7, 11) is 1.52. The van der Waals surface area contributed by atoms with Gasteiger partial charge in [-0.25, -0.2) is 0 Å². The van der Waals surface area contributed by atoms with Crippen molar-refractivity contribution in [1.29, 1.82) is 0 Å². The normalized spacial score (nSPS) is 25.4. The number of hydrogen-bond acceptors (Lipinski definition) is 4. The van der Waals surface area contributed by atoms with Gasteiger partial charge in [0.25, 0.3) is 5.69 Å². The van der Waals surface area contributed by atoms with Gasteiger partial charge in [0.05, 0.1) is 18.1 Å². The van der Waals surface area contributed by atoms with E-state index >= 15 is 0 Å². The Morgan fingerprint density at radius 3 is 2.47 bits per heavy atom. The van der Waals surface area contributed by atoms with E-state index in [0.29, 0.717) is 5.75 Å². The Labute approximate surface area is 99.7 Å². The maximum atomic E-state index is 10.7. The number of benzene rings is 1. The smallest absolute Gasteiger partial charge is 0.273 e. The highest BCUT2D eigenvalue weighted by Crippen LogP contribution is 2.59. The van der Waals surface area contributed by atoms with E-state index in [-0.39, 0.29) is 23.1 Å². The Kier molecular flexibility index (Phi) is 2.58. The van der Waals surface area contributed by atoms with Crippen LogP contribution in [0.1, 0.15) is 25.3 Å². The van der Waals surface area contributed by atoms with Crippen LogP contribution >= 0.6 is 0 Å². The van der Waals surface area contributed by atoms with Crippen molar-refractivity contribution in [3.63, 3.8) is 0 Å². The van der Waals surface area contributed by atoms with Crippen LogP contribution in [-0.2, 0) is 0 Å². The van der Waals surface area contributed by atoms with Gasteiger partial charge in [0.1, 0.15) is 5.75 Å². The molecule has 1 aromatic rings. The third-order valence-electron chi connectivity index (χ3n) is 3.67. The standard InChI is InChI=1S/C12H16N2O3/c1-12(2)10(11(12)13)8-5-4-7(14(15)16)6-9(8)17-3/h4-6,10-11H,13H2,1-3H3/t10-,11-/m1/s1. The van der Waals surface area contributed by atoms with Gasteiger partial charge < -0.3 is 10.5 Å². The summed E-state index contributed by atoms with van der Waals surface area (Å²) in [6.07, 6.45) is 0. The summed E-state index contributed by atoms with van der Waals surface area (Å²) in [4.78, 5) is 10.3. The Hall–Kier alpha value is -1.62. The topological polar surface area (TPSA) is 78.4 Å². The first kappa shape index (κ1) is 11.9. The predicted octanol–water partition coefficient (Wildman–Crippen LogP) is 2.05. The van der Waals surface area contributed by atoms with Crippen LogP contribution in [-0.4, -0.2) is 18.1 Å². The number of nitro benzene ring substituents is 1. The monoisotopic (exact) mass is 236 g/mol. The van der Waals surface area contributed by atoms with E-state index in [1.54, 1.807) is 6.07 Å². The van der Waals surface area contributed by atoms with Crippen LogP contribution in [0, 0.1) is 15.5 Å². The summed E-state index contributed by atoms with van der Waals surface area (Å²) in [5.41, 5.74) is 7.03. The van der Waals surface area contributed by atoms with Crippen molar-refractivity contribution in [1.82, 2.24) is 0 Å². The number of nitrogens with zero attached hydrogens (tertiary/aromatic N) is 1. The molecule has 0 amide bonds. The lowest BCUT2D eigenvalue weighted by molar-refractivity contribution is -0.384. The third kappa shape index (κ3) is 1.76. The number of rotatable bonds is 3. The summed E-state index contributed by atoms with van der Waals surface area (Å²) < 4.78 is 5.22. The molecule has 2 rings (SSSR count). The summed E-state index contributed by atoms with van der Waals surface area (Å²) in [5, 5.41) is 10.7. The van der Waals surface area contributed by atoms with Crippen molar-refractivity contribution in [2.75, 3.05) is 7.11 Å². The maximum absolute atomic E-state index is 10.7. The molecule has 5 nitrogen and oxygen atoms in total. The van der Waals surface area contributed by atoms with Crippen molar-refractivity contribution >= 4 is 5.69 Å². The molecule has 1 saturated carbocycles. The Bertz CT molecular complexity index is 471. The van der Waals surface area contributed by atoms with Crippen LogP contribution in [0.25, 0.3) is 0 Å². The highest BCUT2D eigenvalue weighted by molar-refractivity contribution is 5.50. The van der Waals surface area contributed by atoms with Gasteiger partial charge in [-0.3, -0.25) is 10.1 Å². The van der Waals surface area contributed by atoms with Gasteiger partial charge in [-0.15, -0.1) is 0 Å². The fraction of sp³-hybridized carbons (Fsp3) is 0.500. The fourth-order valence-electron chi connectivity index (χ4n) is 2.34. The Balaban J connectivity index is 2.40. The van der Waals surface area contributed by atoms with Crippen LogP contribution in [0.4, 0.5) is 5.69 Å². The largest absolute Gasteiger partial charge is 0.496 e. The lowest BCUT2D eigenvalue weighted by atomic mass is 10.0. The van der Waals surface area contributed by atoms with Crippen LogP contribution in [0.5, 0.6) is 5.75 Å². The zero-order chi connectivity index (χ0) is 12.8. The molecule has 2 atom stereocenters. The number of ether oxygens (including phenoxy) is 1. The Morgan fingerprint density at radius 1 is 1.47 bits per heavy atom. The lowest BCUT2D eigenvalue weighted by Gasteiger charge is -2.09. The number of methoxy groups -OCH3 is 1. The van der Waals surface area contributed by atoms with Crippen molar-refractivity contribution < 1.29 is 9.66 Å². The second-order valence-electron chi connectivity index (χ2n) is 5.01. The molecule has 1 aromatic carbocycles. The second kappa shape index (κ2) is 3.70. The van der Waals surface area contributed by atoms with Crippen LogP contribution in [0.3, 0.4) is 0 Å². The summed E-state index contributed by atoms with van der Waals surface area (Å²) >= 11 is 0. The molecule has 1 fully saturated rings. The molecule has 0 aromatic heterocycles. The van der Waals surface area contributed by atoms with Gasteiger partial charge in [0.15, 0.2) is 0 Å². The van der Waals surface area contributed by atoms with E-state index in [1.807, 2.05) is 0 Å². The zero-order valence-corrected chi connectivity index (χ0v) is 10.1. The van der Waals surface area contributed by atoms with Gasteiger partial charge in [0.2, 0.25) is 0 Å². The van der Waals surface area contributed by atoms with E-state index < -0.39 is 4.92 Å². The van der Waals surface area contributed by atoms with Crippen molar-refractivity contribution in [2.45, 2.75) is 25.8 Å². The summed E-state index contributed by atoms with van der Waals surface area (Å²) in [6, 6.07) is 4.78. The minimum Gasteiger partial charge on any atom is -0.496 e. The quantitative estimate of drug-likeness (QED) is 0.643. The first-order chi connectivity index (χ1) is 7.89. The molecule has 0 radical (unpaired) electrons. The van der Waals surface area contributed by atoms with Crippen molar-refractivity contribution in [3.8, 4) is 5.75 Å². The SMILES string of the molecule is COc1cc([N+](=O)[O-])ccc1[C@@H]1[C@@H](N)C1(C)C. The van der Waals surface area contributed by atoms with E-state index in [9.17, 15) is 10.1 Å². The molecule has 0 unspecified atom stereocenters. The molecule has 0 heterocycles. The third-order valence-corrected chi connectivity index (χ3v) is 3.67. The number of hydrogen-bond donors (Lipinski definition) is 1. The average Bonchev–Trinajstić information content (AvgIpc) is 2.77. The summed E-state index contributed by atoms with van der Waals surface area (Å²) in [6.45, 7) is 4.17. The number of nitrogens with two attached hydrogens (primary N) is 1. The molecule has 5 heteroatoms. The maximum Gasteiger partial charge on any atom is 0.273 e. The van der Waals surface area contributed by atoms with Crippen molar-refractivity contribution in [3.05, 3.63) is 33.9 Å². The van der Waals surface area contributed by atoms with Gasteiger partial charge in [-0.1, -0.05) is 13.8 Å². The van der Waals surface area contributed by atoms with E-state index in [0.717, 1.165) is 5.56 Å². The average molecular weight is 236 g/mol. The van der Waals surface area contributed by atoms with Gasteiger partial charge in [-0.2, -0.15) is 0 Å². The molecule has 17 heavy (non-hydrogen) atoms. The molecule has 0 aliphatic heterocycles. The van der Waals surface area contributed by atoms with Gasteiger partial charge >= 0.3 is 0 Å². The molecule has 0 saturated heterocycles. The number of nitro groups is 1. The van der Waals surface area contributed by atoms with Gasteiger partial charge in [-0.05, 0) is 17.0 Å². The highest BCUT2D eigenvalue weighted by Gasteiger charge is 2.57. The minimum absolute atomic E-state index is 0.0312. The Morgan fingerprint density at radius 2 is 2.06 bits per heavy atom. The van der Waals surface area contributed by atoms with Crippen LogP contribution in [0.2, 0.25) is 0 Å². The van der Waals surface area contributed by atoms with Crippen LogP contribution < -0.4 is 10.5 Å². The molecular weight excluding hydrogens is 220 g/mol. The minimum atomic E-state index is -0.426. The second-order valence-corrected chi connectivity index (χ2v) is 5.01. The molecule has 92 valence electrons. The van der Waals surface area contributed by atoms with Gasteiger partial charge in [0, 0.05) is 18.0 Å². The highest BCUT2D eigenvalue weighted by atomic mass is 16.6. The number of non-ortho nitro benzene ring substituents is 1. The first-order valence-electron chi connectivity index (χ1n) is 5.47. The molecule has 1 aliphatic rings. The lowest BCUT2D eigenvalue weighted by Crippen LogP contribution is -2.06. The molecule has 1 aliphatic carbocycles. The van der Waals surface area contributed by atoms with Crippen LogP contribution in [0.15, 0.2) is 18.2 Å². The molecular formula is C12H16N2O3. The fourth-order valence-corrected chi connectivity index (χ4v) is 2.34. The van der Waals surface area contributed by atoms with E-state index in [4.69, 9.17) is 10.5 Å².